The van der Waals surface area contributed by atoms with Crippen LogP contribution in [0, 0.1) is 5.92 Å². The minimum atomic E-state index is 0.221. The monoisotopic (exact) mass is 318 g/mol. The molecule has 0 bridgehead atoms. The van der Waals surface area contributed by atoms with Crippen molar-refractivity contribution in [2.24, 2.45) is 5.92 Å². The molecule has 4 rings (SSSR count). The Kier molecular flexibility index (Phi) is 3.95. The molecule has 0 radical (unpaired) electrons. The van der Waals surface area contributed by atoms with Crippen molar-refractivity contribution in [2.45, 2.75) is 19.1 Å². The van der Waals surface area contributed by atoms with Gasteiger partial charge in [0.05, 0.1) is 6.04 Å². The van der Waals surface area contributed by atoms with Gasteiger partial charge in [-0.2, -0.15) is 0 Å². The summed E-state index contributed by atoms with van der Waals surface area (Å²) in [6.07, 6.45) is 0. The Labute approximate surface area is 143 Å². The van der Waals surface area contributed by atoms with Gasteiger partial charge in [0, 0.05) is 36.8 Å². The highest BCUT2D eigenvalue weighted by Gasteiger charge is 2.36. The van der Waals surface area contributed by atoms with Crippen LogP contribution in [0.4, 0.5) is 0 Å². The van der Waals surface area contributed by atoms with E-state index in [1.807, 2.05) is 0 Å². The van der Waals surface area contributed by atoms with Gasteiger partial charge in [0.2, 0.25) is 0 Å². The SMILES string of the molecule is Bc1ccc2c(c1)cc1n2C[C@@H](CO)[C@H]1N(C)Cc1ccccc1. The lowest BCUT2D eigenvalue weighted by Gasteiger charge is -2.28. The van der Waals surface area contributed by atoms with Crippen molar-refractivity contribution >= 4 is 24.2 Å². The second-order valence-corrected chi connectivity index (χ2v) is 7.03. The zero-order chi connectivity index (χ0) is 16.7. The lowest BCUT2D eigenvalue weighted by atomic mass is 9.94. The fourth-order valence-corrected chi connectivity index (χ4v) is 4.15. The van der Waals surface area contributed by atoms with E-state index in [1.165, 1.54) is 27.6 Å². The molecule has 1 aromatic heterocycles. The summed E-state index contributed by atoms with van der Waals surface area (Å²) in [5.41, 5.74) is 5.21. The van der Waals surface area contributed by atoms with Crippen LogP contribution < -0.4 is 5.46 Å². The summed E-state index contributed by atoms with van der Waals surface area (Å²) >= 11 is 0. The van der Waals surface area contributed by atoms with E-state index in [0.29, 0.717) is 0 Å². The number of nitrogens with zero attached hydrogens (tertiary/aromatic N) is 2. The summed E-state index contributed by atoms with van der Waals surface area (Å²) in [6.45, 7) is 2.00. The molecule has 0 amide bonds. The maximum atomic E-state index is 9.92. The predicted molar refractivity (Wildman–Crippen MR) is 101 cm³/mol. The average Bonchev–Trinajstić information content (AvgIpc) is 3.10. The van der Waals surface area contributed by atoms with E-state index in [9.17, 15) is 5.11 Å². The average molecular weight is 318 g/mol. The topological polar surface area (TPSA) is 28.4 Å². The van der Waals surface area contributed by atoms with Crippen LogP contribution in [0.5, 0.6) is 0 Å². The first-order valence-electron chi connectivity index (χ1n) is 8.62. The number of hydrogen-bond acceptors (Lipinski definition) is 2. The van der Waals surface area contributed by atoms with Crippen LogP contribution in [0.25, 0.3) is 10.9 Å². The normalized spacial score (nSPS) is 20.0. The Morgan fingerprint density at radius 1 is 1.17 bits per heavy atom. The first kappa shape index (κ1) is 15.5. The maximum absolute atomic E-state index is 9.92. The molecule has 0 fully saturated rings. The summed E-state index contributed by atoms with van der Waals surface area (Å²) in [6, 6.07) is 19.7. The number of aliphatic hydroxyl groups excluding tert-OH is 1. The lowest BCUT2D eigenvalue weighted by molar-refractivity contribution is 0.122. The fraction of sp³-hybridized carbons (Fsp3) is 0.300. The van der Waals surface area contributed by atoms with Crippen LogP contribution in [-0.4, -0.2) is 36.1 Å². The Bertz CT molecular complexity index is 859. The summed E-state index contributed by atoms with van der Waals surface area (Å²) in [5.74, 6) is 0.249. The molecule has 0 saturated heterocycles. The maximum Gasteiger partial charge on any atom is 0.139 e. The first-order valence-corrected chi connectivity index (χ1v) is 8.62. The Morgan fingerprint density at radius 2 is 1.96 bits per heavy atom. The van der Waals surface area contributed by atoms with E-state index in [-0.39, 0.29) is 18.6 Å². The standard InChI is InChI=1S/C20H23BN2O/c1-22(11-14-5-3-2-4-6-14)20-16(13-24)12-23-18-8-7-17(21)9-15(18)10-19(20)23/h2-10,16,20,24H,11-13,21H2,1H3/t16-,20+/m0/s1. The third-order valence-electron chi connectivity index (χ3n) is 5.24. The minimum absolute atomic E-state index is 0.221. The van der Waals surface area contributed by atoms with Gasteiger partial charge in [0.25, 0.3) is 0 Å². The predicted octanol–water partition coefficient (Wildman–Crippen LogP) is 1.69. The second kappa shape index (κ2) is 6.12. The Balaban J connectivity index is 1.71. The van der Waals surface area contributed by atoms with Crippen molar-refractivity contribution in [3.63, 3.8) is 0 Å². The molecule has 0 saturated carbocycles. The van der Waals surface area contributed by atoms with Gasteiger partial charge in [-0.15, -0.1) is 0 Å². The van der Waals surface area contributed by atoms with Crippen LogP contribution in [0.3, 0.4) is 0 Å². The van der Waals surface area contributed by atoms with E-state index in [4.69, 9.17) is 0 Å². The summed E-state index contributed by atoms with van der Waals surface area (Å²) < 4.78 is 2.39. The van der Waals surface area contributed by atoms with Crippen LogP contribution in [0.1, 0.15) is 17.3 Å². The highest BCUT2D eigenvalue weighted by molar-refractivity contribution is 6.33. The molecule has 2 heterocycles. The van der Waals surface area contributed by atoms with Crippen molar-refractivity contribution in [2.75, 3.05) is 13.7 Å². The van der Waals surface area contributed by atoms with Gasteiger partial charge in [-0.3, -0.25) is 4.90 Å². The van der Waals surface area contributed by atoms with Gasteiger partial charge < -0.3 is 9.67 Å². The van der Waals surface area contributed by atoms with Gasteiger partial charge in [-0.05, 0) is 30.1 Å². The van der Waals surface area contributed by atoms with E-state index in [0.717, 1.165) is 13.1 Å². The molecule has 24 heavy (non-hydrogen) atoms. The number of benzene rings is 2. The highest BCUT2D eigenvalue weighted by atomic mass is 16.3. The van der Waals surface area contributed by atoms with Gasteiger partial charge in [-0.1, -0.05) is 47.9 Å². The molecule has 2 aromatic carbocycles. The molecule has 122 valence electrons. The smallest absolute Gasteiger partial charge is 0.139 e. The Hall–Kier alpha value is -2.04. The van der Waals surface area contributed by atoms with Crippen molar-refractivity contribution in [1.29, 1.82) is 0 Å². The number of rotatable bonds is 4. The highest BCUT2D eigenvalue weighted by Crippen LogP contribution is 2.39. The molecule has 4 heteroatoms. The Morgan fingerprint density at radius 3 is 2.71 bits per heavy atom. The first-order chi connectivity index (χ1) is 11.7. The molecule has 1 aliphatic rings. The van der Waals surface area contributed by atoms with Gasteiger partial charge in [0.1, 0.15) is 7.85 Å². The molecule has 3 nitrogen and oxygen atoms in total. The van der Waals surface area contributed by atoms with Gasteiger partial charge in [0.15, 0.2) is 0 Å². The summed E-state index contributed by atoms with van der Waals surface area (Å²) in [7, 11) is 4.30. The van der Waals surface area contributed by atoms with Crippen molar-refractivity contribution in [1.82, 2.24) is 9.47 Å². The number of aliphatic hydroxyl groups is 1. The van der Waals surface area contributed by atoms with Gasteiger partial charge >= 0.3 is 0 Å². The minimum Gasteiger partial charge on any atom is -0.396 e. The molecule has 2 atom stereocenters. The molecule has 0 spiro atoms. The molecule has 1 N–H and O–H groups in total. The number of fused-ring (bicyclic) bond motifs is 3. The number of aromatic nitrogens is 1. The van der Waals surface area contributed by atoms with E-state index in [2.05, 4.69) is 79.0 Å². The third kappa shape index (κ3) is 2.56. The summed E-state index contributed by atoms with van der Waals surface area (Å²) in [4.78, 5) is 2.38. The molecule has 1 aliphatic heterocycles. The number of hydrogen-bond donors (Lipinski definition) is 1. The lowest BCUT2D eigenvalue weighted by Crippen LogP contribution is -2.29. The van der Waals surface area contributed by atoms with Crippen molar-refractivity contribution in [3.05, 3.63) is 65.9 Å². The van der Waals surface area contributed by atoms with Crippen LogP contribution in [0.2, 0.25) is 0 Å². The van der Waals surface area contributed by atoms with Crippen LogP contribution in [0.15, 0.2) is 54.6 Å². The second-order valence-electron chi connectivity index (χ2n) is 7.03. The summed E-state index contributed by atoms with van der Waals surface area (Å²) in [5, 5.41) is 11.2. The largest absolute Gasteiger partial charge is 0.396 e. The zero-order valence-electron chi connectivity index (χ0n) is 14.3. The van der Waals surface area contributed by atoms with Crippen molar-refractivity contribution < 1.29 is 5.11 Å². The fourth-order valence-electron chi connectivity index (χ4n) is 4.15. The van der Waals surface area contributed by atoms with E-state index < -0.39 is 0 Å². The van der Waals surface area contributed by atoms with Gasteiger partial charge in [-0.25, -0.2) is 0 Å². The molecular formula is C20H23BN2O. The quantitative estimate of drug-likeness (QED) is 0.742. The zero-order valence-corrected chi connectivity index (χ0v) is 14.3. The van der Waals surface area contributed by atoms with Crippen LogP contribution in [-0.2, 0) is 13.1 Å². The van der Waals surface area contributed by atoms with E-state index in [1.54, 1.807) is 0 Å². The molecule has 0 unspecified atom stereocenters. The van der Waals surface area contributed by atoms with Crippen LogP contribution >= 0.6 is 0 Å². The molecular weight excluding hydrogens is 295 g/mol. The molecule has 3 aromatic rings. The van der Waals surface area contributed by atoms with E-state index >= 15 is 0 Å². The third-order valence-corrected chi connectivity index (χ3v) is 5.24. The molecule has 0 aliphatic carbocycles. The van der Waals surface area contributed by atoms with Crippen molar-refractivity contribution in [3.8, 4) is 0 Å².